The number of methoxy groups -OCH3 is 2. The number of hydrogen-bond acceptors (Lipinski definition) is 7. The molecule has 2 bridgehead atoms. The minimum atomic E-state index is -1.12. The summed E-state index contributed by atoms with van der Waals surface area (Å²) < 4.78 is 10.1. The number of benzene rings is 1. The first-order chi connectivity index (χ1) is 13.8. The van der Waals surface area contributed by atoms with E-state index in [1.54, 1.807) is 18.1 Å². The summed E-state index contributed by atoms with van der Waals surface area (Å²) in [6, 6.07) is 7.30. The Labute approximate surface area is 168 Å². The topological polar surface area (TPSA) is 82.1 Å². The predicted molar refractivity (Wildman–Crippen MR) is 104 cm³/mol. The lowest BCUT2D eigenvalue weighted by atomic mass is 9.72. The highest BCUT2D eigenvalue weighted by molar-refractivity contribution is 6.23. The van der Waals surface area contributed by atoms with Crippen molar-refractivity contribution in [3.8, 4) is 0 Å². The van der Waals surface area contributed by atoms with Crippen molar-refractivity contribution in [3.63, 3.8) is 0 Å². The van der Waals surface area contributed by atoms with Crippen molar-refractivity contribution in [3.05, 3.63) is 52.1 Å². The number of nitrogens with zero attached hydrogens (tertiary/aromatic N) is 1. The molecule has 2 atom stereocenters. The normalized spacial score (nSPS) is 28.2. The zero-order valence-electron chi connectivity index (χ0n) is 17.1. The van der Waals surface area contributed by atoms with E-state index in [0.717, 1.165) is 5.56 Å². The molecule has 0 saturated carbocycles. The van der Waals surface area contributed by atoms with Gasteiger partial charge in [0, 0.05) is 11.1 Å². The molecule has 0 amide bonds. The van der Waals surface area contributed by atoms with Crippen LogP contribution in [-0.2, 0) is 23.9 Å². The van der Waals surface area contributed by atoms with Gasteiger partial charge in [-0.2, -0.15) is 5.06 Å². The third kappa shape index (κ3) is 2.17. The summed E-state index contributed by atoms with van der Waals surface area (Å²) in [6.45, 7) is 3.60. The van der Waals surface area contributed by atoms with E-state index in [-0.39, 0.29) is 16.9 Å². The van der Waals surface area contributed by atoms with Crippen molar-refractivity contribution in [1.82, 2.24) is 5.06 Å². The Morgan fingerprint density at radius 1 is 0.966 bits per heavy atom. The molecule has 0 aromatic heterocycles. The molecule has 3 aliphatic rings. The Bertz CT molecular complexity index is 1020. The molecule has 4 rings (SSSR count). The molecule has 0 radical (unpaired) electrons. The van der Waals surface area contributed by atoms with E-state index < -0.39 is 23.0 Å². The summed E-state index contributed by atoms with van der Waals surface area (Å²) in [4.78, 5) is 44.6. The van der Waals surface area contributed by atoms with Crippen LogP contribution in [0.4, 0.5) is 0 Å². The summed E-state index contributed by atoms with van der Waals surface area (Å²) in [5.74, 6) is -1.33. The van der Waals surface area contributed by atoms with Gasteiger partial charge in [0.05, 0.1) is 38.0 Å². The first-order valence-electron chi connectivity index (χ1n) is 9.41. The highest BCUT2D eigenvalue weighted by Gasteiger charge is 2.70. The standard InChI is InChI=1S/C22H23NO6/c1-12-15(13-8-6-7-9-14(13)18(12)24)22-11-10-21(2,23(22)29-5)16(19(25)27-3)17(22)20(26)28-4/h6-9H,10-11H2,1-5H3/t21-,22-/m0/s1. The van der Waals surface area contributed by atoms with Crippen LogP contribution in [-0.4, -0.2) is 55.2 Å². The van der Waals surface area contributed by atoms with E-state index in [2.05, 4.69) is 0 Å². The Kier molecular flexibility index (Phi) is 4.29. The monoisotopic (exact) mass is 397 g/mol. The van der Waals surface area contributed by atoms with Gasteiger partial charge in [0.15, 0.2) is 5.78 Å². The molecule has 2 heterocycles. The van der Waals surface area contributed by atoms with Gasteiger partial charge in [0.25, 0.3) is 0 Å². The van der Waals surface area contributed by atoms with Crippen LogP contribution in [0.1, 0.15) is 42.6 Å². The predicted octanol–water partition coefficient (Wildman–Crippen LogP) is 2.47. The molecular weight excluding hydrogens is 374 g/mol. The van der Waals surface area contributed by atoms with E-state index >= 15 is 0 Å². The SMILES string of the molecule is COC(=O)C1=C(C(=O)OC)[C@]2(C)CC[C@@]1(C1=C(C)C(=O)c3ccccc31)N2OC. The fraction of sp³-hybridized carbons (Fsp3) is 0.409. The van der Waals surface area contributed by atoms with Crippen molar-refractivity contribution in [1.29, 1.82) is 0 Å². The van der Waals surface area contributed by atoms with Crippen molar-refractivity contribution in [2.24, 2.45) is 0 Å². The van der Waals surface area contributed by atoms with Gasteiger partial charge in [-0.25, -0.2) is 9.59 Å². The Balaban J connectivity index is 2.10. The molecule has 0 N–H and O–H groups in total. The zero-order chi connectivity index (χ0) is 21.1. The molecule has 29 heavy (non-hydrogen) atoms. The van der Waals surface area contributed by atoms with Gasteiger partial charge in [0.1, 0.15) is 5.54 Å². The molecule has 7 heteroatoms. The Morgan fingerprint density at radius 3 is 2.14 bits per heavy atom. The number of allylic oxidation sites excluding steroid dienone is 1. The molecule has 1 fully saturated rings. The maximum Gasteiger partial charge on any atom is 0.336 e. The van der Waals surface area contributed by atoms with Gasteiger partial charge >= 0.3 is 11.9 Å². The number of carbonyl (C=O) groups excluding carboxylic acids is 3. The highest BCUT2D eigenvalue weighted by Crippen LogP contribution is 2.63. The number of carbonyl (C=O) groups is 3. The van der Waals surface area contributed by atoms with Gasteiger partial charge in [-0.15, -0.1) is 0 Å². The second kappa shape index (κ2) is 6.37. The number of hydroxylamine groups is 2. The first-order valence-corrected chi connectivity index (χ1v) is 9.41. The molecule has 152 valence electrons. The summed E-state index contributed by atoms with van der Waals surface area (Å²) in [7, 11) is 4.06. The highest BCUT2D eigenvalue weighted by atomic mass is 16.7. The summed E-state index contributed by atoms with van der Waals surface area (Å²) in [6.07, 6.45) is 1.05. The average Bonchev–Trinajstić information content (AvgIpc) is 3.25. The summed E-state index contributed by atoms with van der Waals surface area (Å²) in [5, 5.41) is 1.67. The number of ketones is 1. The van der Waals surface area contributed by atoms with E-state index in [4.69, 9.17) is 14.3 Å². The van der Waals surface area contributed by atoms with Crippen LogP contribution in [0.25, 0.3) is 5.57 Å². The summed E-state index contributed by atoms with van der Waals surface area (Å²) in [5.41, 5.74) is 0.932. The summed E-state index contributed by atoms with van der Waals surface area (Å²) >= 11 is 0. The number of ether oxygens (including phenoxy) is 2. The molecule has 2 aliphatic heterocycles. The maximum absolute atomic E-state index is 13.0. The maximum atomic E-state index is 13.0. The lowest BCUT2D eigenvalue weighted by Crippen LogP contribution is -2.49. The second-order valence-corrected chi connectivity index (χ2v) is 7.72. The number of Topliss-reactive ketones (excluding diaryl/α,β-unsaturated/α-hetero) is 1. The fourth-order valence-electron chi connectivity index (χ4n) is 5.43. The molecule has 0 unspecified atom stereocenters. The van der Waals surface area contributed by atoms with E-state index in [9.17, 15) is 14.4 Å². The molecule has 1 aromatic carbocycles. The quantitative estimate of drug-likeness (QED) is 0.722. The zero-order valence-corrected chi connectivity index (χ0v) is 17.1. The fourth-order valence-corrected chi connectivity index (χ4v) is 5.43. The number of rotatable bonds is 4. The first kappa shape index (κ1) is 19.5. The third-order valence-electron chi connectivity index (χ3n) is 6.50. The van der Waals surface area contributed by atoms with Crippen LogP contribution < -0.4 is 0 Å². The van der Waals surface area contributed by atoms with Crippen LogP contribution in [0, 0.1) is 0 Å². The van der Waals surface area contributed by atoms with Crippen LogP contribution in [0.15, 0.2) is 41.0 Å². The Morgan fingerprint density at radius 2 is 1.55 bits per heavy atom. The molecule has 1 aliphatic carbocycles. The van der Waals surface area contributed by atoms with Crippen LogP contribution in [0.2, 0.25) is 0 Å². The van der Waals surface area contributed by atoms with Crippen molar-refractivity contribution in [2.45, 2.75) is 37.8 Å². The van der Waals surface area contributed by atoms with E-state index in [0.29, 0.717) is 29.6 Å². The molecule has 0 spiro atoms. The average molecular weight is 397 g/mol. The van der Waals surface area contributed by atoms with Gasteiger partial charge in [-0.3, -0.25) is 4.79 Å². The smallest absolute Gasteiger partial charge is 0.336 e. The van der Waals surface area contributed by atoms with Gasteiger partial charge in [-0.1, -0.05) is 24.3 Å². The van der Waals surface area contributed by atoms with Gasteiger partial charge in [-0.05, 0) is 37.8 Å². The number of esters is 2. The van der Waals surface area contributed by atoms with Crippen LogP contribution in [0.3, 0.4) is 0 Å². The molecule has 1 saturated heterocycles. The largest absolute Gasteiger partial charge is 0.466 e. The minimum Gasteiger partial charge on any atom is -0.466 e. The van der Waals surface area contributed by atoms with Crippen molar-refractivity contribution >= 4 is 23.3 Å². The van der Waals surface area contributed by atoms with Gasteiger partial charge < -0.3 is 14.3 Å². The van der Waals surface area contributed by atoms with Crippen LogP contribution in [0.5, 0.6) is 0 Å². The molecule has 1 aromatic rings. The van der Waals surface area contributed by atoms with Crippen LogP contribution >= 0.6 is 0 Å². The van der Waals surface area contributed by atoms with Crippen molar-refractivity contribution in [2.75, 3.05) is 21.3 Å². The molecular formula is C22H23NO6. The molecule has 7 nitrogen and oxygen atoms in total. The minimum absolute atomic E-state index is 0.0923. The lowest BCUT2D eigenvalue weighted by Gasteiger charge is -2.38. The Hall–Kier alpha value is -2.77. The van der Waals surface area contributed by atoms with Crippen molar-refractivity contribution < 1.29 is 28.7 Å². The lowest BCUT2D eigenvalue weighted by molar-refractivity contribution is -0.191. The van der Waals surface area contributed by atoms with Gasteiger partial charge in [0.2, 0.25) is 0 Å². The van der Waals surface area contributed by atoms with E-state index in [1.165, 1.54) is 21.3 Å². The number of fused-ring (bicyclic) bond motifs is 3. The second-order valence-electron chi connectivity index (χ2n) is 7.72. The third-order valence-corrected chi connectivity index (χ3v) is 6.50. The van der Waals surface area contributed by atoms with E-state index in [1.807, 2.05) is 25.1 Å². The number of hydrogen-bond donors (Lipinski definition) is 0.